The molecule has 0 spiro atoms. The molecule has 35 heavy (non-hydrogen) atoms. The molecule has 0 aliphatic heterocycles. The van der Waals surface area contributed by atoms with Crippen LogP contribution in [0.1, 0.15) is 27.7 Å². The molecule has 1 heterocycles. The molecule has 2 amide bonds. The van der Waals surface area contributed by atoms with E-state index in [1.54, 1.807) is 0 Å². The van der Waals surface area contributed by atoms with Crippen molar-refractivity contribution in [3.8, 4) is 0 Å². The molecule has 0 aliphatic rings. The van der Waals surface area contributed by atoms with Gasteiger partial charge in [-0.3, -0.25) is 14.6 Å². The highest BCUT2D eigenvalue weighted by Gasteiger charge is 2.32. The van der Waals surface area contributed by atoms with Gasteiger partial charge in [0, 0.05) is 24.6 Å². The summed E-state index contributed by atoms with van der Waals surface area (Å²) in [6, 6.07) is 19.1. The molecule has 1 N–H and O–H groups in total. The highest BCUT2D eigenvalue weighted by Crippen LogP contribution is 2.26. The zero-order valence-electron chi connectivity index (χ0n) is 18.6. The topological polar surface area (TPSA) is 75.2 Å². The smallest absolute Gasteiger partial charge is 0.275 e. The number of carbonyl (C=O) groups is 2. The Morgan fingerprint density at radius 1 is 0.857 bits per heavy atom. The Balaban J connectivity index is 1.72. The van der Waals surface area contributed by atoms with E-state index in [0.29, 0.717) is 17.7 Å². The van der Waals surface area contributed by atoms with E-state index in [4.69, 9.17) is 0 Å². The van der Waals surface area contributed by atoms with Crippen molar-refractivity contribution >= 4 is 17.5 Å². The Morgan fingerprint density at radius 2 is 1.51 bits per heavy atom. The van der Waals surface area contributed by atoms with Crippen LogP contribution >= 0.6 is 0 Å². The van der Waals surface area contributed by atoms with Crippen LogP contribution in [-0.4, -0.2) is 33.2 Å². The molecule has 0 fully saturated rings. The van der Waals surface area contributed by atoms with E-state index >= 15 is 0 Å². The fourth-order valence-electron chi connectivity index (χ4n) is 3.66. The molecule has 0 radical (unpaired) electrons. The van der Waals surface area contributed by atoms with Crippen LogP contribution in [0.5, 0.6) is 0 Å². The summed E-state index contributed by atoms with van der Waals surface area (Å²) >= 11 is 0. The van der Waals surface area contributed by atoms with Crippen LogP contribution < -0.4 is 5.32 Å². The summed E-state index contributed by atoms with van der Waals surface area (Å²) in [7, 11) is 0. The molecule has 4 aromatic rings. The van der Waals surface area contributed by atoms with Gasteiger partial charge >= 0.3 is 0 Å². The van der Waals surface area contributed by atoms with Crippen molar-refractivity contribution in [2.75, 3.05) is 11.9 Å². The zero-order chi connectivity index (χ0) is 24.6. The Labute approximate surface area is 201 Å². The summed E-state index contributed by atoms with van der Waals surface area (Å²) < 4.78 is 27.0. The van der Waals surface area contributed by atoms with Gasteiger partial charge in [-0.1, -0.05) is 42.5 Å². The highest BCUT2D eigenvalue weighted by molar-refractivity contribution is 6.00. The fourth-order valence-corrected chi connectivity index (χ4v) is 3.66. The summed E-state index contributed by atoms with van der Waals surface area (Å²) in [5, 5.41) is 2.74. The molecule has 1 atom stereocenters. The molecule has 176 valence electrons. The van der Waals surface area contributed by atoms with E-state index in [-0.39, 0.29) is 12.2 Å². The second-order valence-corrected chi connectivity index (χ2v) is 7.78. The Kier molecular flexibility index (Phi) is 7.52. The number of hydrogen-bond acceptors (Lipinski definition) is 4. The number of rotatable bonds is 8. The Morgan fingerprint density at radius 3 is 2.14 bits per heavy atom. The van der Waals surface area contributed by atoms with Crippen LogP contribution in [0.15, 0.2) is 97.5 Å². The molecule has 0 saturated heterocycles. The first-order valence-corrected chi connectivity index (χ1v) is 10.9. The second-order valence-electron chi connectivity index (χ2n) is 7.78. The molecule has 8 heteroatoms. The monoisotopic (exact) mass is 472 g/mol. The van der Waals surface area contributed by atoms with Gasteiger partial charge in [0.15, 0.2) is 0 Å². The number of amides is 2. The van der Waals surface area contributed by atoms with Crippen LogP contribution in [0.25, 0.3) is 0 Å². The lowest BCUT2D eigenvalue weighted by molar-refractivity contribution is -0.120. The van der Waals surface area contributed by atoms with E-state index in [1.165, 1.54) is 72.0 Å². The van der Waals surface area contributed by atoms with Crippen molar-refractivity contribution in [2.45, 2.75) is 12.5 Å². The van der Waals surface area contributed by atoms with Gasteiger partial charge in [0.25, 0.3) is 11.8 Å². The third kappa shape index (κ3) is 6.11. The number of anilines is 1. The molecule has 0 saturated carbocycles. The van der Waals surface area contributed by atoms with E-state index in [9.17, 15) is 18.4 Å². The maximum Gasteiger partial charge on any atom is 0.275 e. The minimum Gasteiger partial charge on any atom is -0.324 e. The van der Waals surface area contributed by atoms with Crippen molar-refractivity contribution < 1.29 is 18.4 Å². The SMILES string of the molecule is O=C(Nc1ccc(F)cc1)C(c1ccc(F)cc1)N(CCc1ccccc1)C(=O)c1cnccn1. The molecule has 4 rings (SSSR count). The number of nitrogens with one attached hydrogen (secondary N) is 1. The van der Waals surface area contributed by atoms with Crippen molar-refractivity contribution in [3.05, 3.63) is 126 Å². The van der Waals surface area contributed by atoms with Gasteiger partial charge in [0.05, 0.1) is 6.20 Å². The number of carbonyl (C=O) groups excluding carboxylic acids is 2. The van der Waals surface area contributed by atoms with Crippen LogP contribution in [0.4, 0.5) is 14.5 Å². The third-order valence-corrected chi connectivity index (χ3v) is 5.38. The standard InChI is InChI=1S/C27H22F2N4O2/c28-21-8-6-20(7-9-21)25(26(34)32-23-12-10-22(29)11-13-23)33(17-14-19-4-2-1-3-5-19)27(35)24-18-30-15-16-31-24/h1-13,15-16,18,25H,14,17H2,(H,32,34). The average Bonchev–Trinajstić information content (AvgIpc) is 2.89. The third-order valence-electron chi connectivity index (χ3n) is 5.38. The highest BCUT2D eigenvalue weighted by atomic mass is 19.1. The van der Waals surface area contributed by atoms with Crippen LogP contribution in [0.3, 0.4) is 0 Å². The van der Waals surface area contributed by atoms with Crippen molar-refractivity contribution in [2.24, 2.45) is 0 Å². The summed E-state index contributed by atoms with van der Waals surface area (Å²) in [4.78, 5) is 36.6. The molecular weight excluding hydrogens is 450 g/mol. The van der Waals surface area contributed by atoms with Gasteiger partial charge in [-0.2, -0.15) is 0 Å². The van der Waals surface area contributed by atoms with Crippen molar-refractivity contribution in [1.82, 2.24) is 14.9 Å². The lowest BCUT2D eigenvalue weighted by atomic mass is 10.0. The molecule has 1 aromatic heterocycles. The van der Waals surface area contributed by atoms with E-state index in [1.807, 2.05) is 30.3 Å². The quantitative estimate of drug-likeness (QED) is 0.399. The lowest BCUT2D eigenvalue weighted by Gasteiger charge is -2.31. The average molecular weight is 472 g/mol. The van der Waals surface area contributed by atoms with Gasteiger partial charge in [-0.05, 0) is 53.9 Å². The minimum atomic E-state index is -1.11. The normalized spacial score (nSPS) is 11.5. The summed E-state index contributed by atoms with van der Waals surface area (Å²) in [5.41, 5.74) is 1.82. The fraction of sp³-hybridized carbons (Fsp3) is 0.111. The van der Waals surface area contributed by atoms with Gasteiger partial charge in [0.1, 0.15) is 23.4 Å². The number of aromatic nitrogens is 2. The Bertz CT molecular complexity index is 1270. The number of nitrogens with zero attached hydrogens (tertiary/aromatic N) is 3. The summed E-state index contributed by atoms with van der Waals surface area (Å²) in [5.74, 6) is -1.95. The van der Waals surface area contributed by atoms with Gasteiger partial charge in [-0.15, -0.1) is 0 Å². The zero-order valence-corrected chi connectivity index (χ0v) is 18.6. The minimum absolute atomic E-state index is 0.0715. The predicted octanol–water partition coefficient (Wildman–Crippen LogP) is 4.82. The molecule has 1 unspecified atom stereocenters. The lowest BCUT2D eigenvalue weighted by Crippen LogP contribution is -2.42. The van der Waals surface area contributed by atoms with Crippen LogP contribution in [-0.2, 0) is 11.2 Å². The number of benzene rings is 3. The summed E-state index contributed by atoms with van der Waals surface area (Å²) in [6.07, 6.45) is 4.64. The maximum atomic E-state index is 13.7. The van der Waals surface area contributed by atoms with E-state index in [0.717, 1.165) is 5.56 Å². The first-order valence-electron chi connectivity index (χ1n) is 10.9. The predicted molar refractivity (Wildman–Crippen MR) is 127 cm³/mol. The molecule has 0 bridgehead atoms. The molecule has 3 aromatic carbocycles. The summed E-state index contributed by atoms with van der Waals surface area (Å²) in [6.45, 7) is 0.179. The maximum absolute atomic E-state index is 13.7. The van der Waals surface area contributed by atoms with Crippen molar-refractivity contribution in [3.63, 3.8) is 0 Å². The van der Waals surface area contributed by atoms with Gasteiger partial charge in [0.2, 0.25) is 0 Å². The second kappa shape index (κ2) is 11.1. The molecule has 0 aliphatic carbocycles. The van der Waals surface area contributed by atoms with Crippen LogP contribution in [0, 0.1) is 11.6 Å². The first kappa shape index (κ1) is 23.7. The molecule has 6 nitrogen and oxygen atoms in total. The Hall–Kier alpha value is -4.46. The molecular formula is C27H22F2N4O2. The van der Waals surface area contributed by atoms with Gasteiger partial charge < -0.3 is 10.2 Å². The number of hydrogen-bond donors (Lipinski definition) is 1. The van der Waals surface area contributed by atoms with E-state index < -0.39 is 29.5 Å². The van der Waals surface area contributed by atoms with Crippen molar-refractivity contribution in [1.29, 1.82) is 0 Å². The largest absolute Gasteiger partial charge is 0.324 e. The number of halogens is 2. The van der Waals surface area contributed by atoms with Crippen LogP contribution in [0.2, 0.25) is 0 Å². The van der Waals surface area contributed by atoms with E-state index in [2.05, 4.69) is 15.3 Å². The first-order chi connectivity index (χ1) is 17.0. The van der Waals surface area contributed by atoms with Gasteiger partial charge in [-0.25, -0.2) is 13.8 Å².